The summed E-state index contributed by atoms with van der Waals surface area (Å²) in [5.41, 5.74) is 3.87. The highest BCUT2D eigenvalue weighted by molar-refractivity contribution is 7.80. The molecule has 1 aromatic carbocycles. The SMILES string of the molecule is NNC(=S)NCCCNC(=O)C1=Cc2c(oc3ccccc3c2=O)CC1. The predicted octanol–water partition coefficient (Wildman–Crippen LogP) is 0.967. The van der Waals surface area contributed by atoms with Gasteiger partial charge in [-0.25, -0.2) is 5.84 Å². The molecule has 1 aliphatic rings. The molecule has 1 aromatic heterocycles. The van der Waals surface area contributed by atoms with Crippen LogP contribution < -0.4 is 27.3 Å². The minimum Gasteiger partial charge on any atom is -0.460 e. The van der Waals surface area contributed by atoms with Crippen LogP contribution in [0.5, 0.6) is 0 Å². The maximum atomic E-state index is 12.7. The lowest BCUT2D eigenvalue weighted by Gasteiger charge is -2.15. The number of amides is 1. The fraction of sp³-hybridized carbons (Fsp3) is 0.278. The van der Waals surface area contributed by atoms with E-state index in [-0.39, 0.29) is 11.3 Å². The van der Waals surface area contributed by atoms with Crippen LogP contribution in [0.3, 0.4) is 0 Å². The molecule has 0 spiro atoms. The van der Waals surface area contributed by atoms with Crippen molar-refractivity contribution in [2.75, 3.05) is 13.1 Å². The van der Waals surface area contributed by atoms with Gasteiger partial charge in [0.05, 0.1) is 10.9 Å². The number of para-hydroxylation sites is 1. The van der Waals surface area contributed by atoms with Crippen molar-refractivity contribution in [3.63, 3.8) is 0 Å². The van der Waals surface area contributed by atoms with Gasteiger partial charge in [0.25, 0.3) is 0 Å². The lowest BCUT2D eigenvalue weighted by atomic mass is 9.95. The van der Waals surface area contributed by atoms with E-state index in [1.807, 2.05) is 6.07 Å². The smallest absolute Gasteiger partial charge is 0.247 e. The van der Waals surface area contributed by atoms with E-state index in [0.717, 1.165) is 0 Å². The van der Waals surface area contributed by atoms with Crippen molar-refractivity contribution in [3.8, 4) is 0 Å². The quantitative estimate of drug-likeness (QED) is 0.268. The van der Waals surface area contributed by atoms with E-state index in [9.17, 15) is 9.59 Å². The second kappa shape index (κ2) is 8.11. The third-order valence-electron chi connectivity index (χ3n) is 4.20. The van der Waals surface area contributed by atoms with Gasteiger partial charge in [-0.3, -0.25) is 9.59 Å². The third kappa shape index (κ3) is 3.92. The fourth-order valence-electron chi connectivity index (χ4n) is 2.86. The van der Waals surface area contributed by atoms with Crippen molar-refractivity contribution in [2.45, 2.75) is 19.3 Å². The Morgan fingerprint density at radius 1 is 1.19 bits per heavy atom. The van der Waals surface area contributed by atoms with Crippen molar-refractivity contribution in [1.29, 1.82) is 0 Å². The number of aryl methyl sites for hydroxylation is 1. The molecular weight excluding hydrogens is 352 g/mol. The van der Waals surface area contributed by atoms with Gasteiger partial charge in [-0.05, 0) is 43.3 Å². The van der Waals surface area contributed by atoms with E-state index in [0.29, 0.717) is 65.3 Å². The lowest BCUT2D eigenvalue weighted by Crippen LogP contribution is -2.40. The summed E-state index contributed by atoms with van der Waals surface area (Å²) >= 11 is 4.86. The van der Waals surface area contributed by atoms with Crippen LogP contribution in [-0.4, -0.2) is 24.1 Å². The van der Waals surface area contributed by atoms with Gasteiger partial charge in [0, 0.05) is 25.1 Å². The minimum atomic E-state index is -0.164. The van der Waals surface area contributed by atoms with Crippen molar-refractivity contribution < 1.29 is 9.21 Å². The van der Waals surface area contributed by atoms with Gasteiger partial charge in [-0.2, -0.15) is 0 Å². The molecule has 8 heteroatoms. The Labute approximate surface area is 155 Å². The van der Waals surface area contributed by atoms with Crippen LogP contribution in [0.2, 0.25) is 0 Å². The molecule has 136 valence electrons. The molecule has 0 aliphatic heterocycles. The molecule has 0 atom stereocenters. The second-order valence-corrected chi connectivity index (χ2v) is 6.35. The standard InChI is InChI=1S/C18H20N4O3S/c19-22-18(26)21-9-3-8-20-17(24)11-6-7-15-13(10-11)16(23)12-4-1-2-5-14(12)25-15/h1-2,4-5,10H,3,6-9,19H2,(H,20,24)(H2,21,22,26). The number of hydrogen-bond acceptors (Lipinski definition) is 5. The zero-order valence-electron chi connectivity index (χ0n) is 14.1. The van der Waals surface area contributed by atoms with E-state index in [4.69, 9.17) is 22.5 Å². The number of nitrogens with one attached hydrogen (secondary N) is 3. The highest BCUT2D eigenvalue weighted by atomic mass is 32.1. The Hall–Kier alpha value is -2.71. The number of carbonyl (C=O) groups excluding carboxylic acids is 1. The Morgan fingerprint density at radius 2 is 1.96 bits per heavy atom. The van der Waals surface area contributed by atoms with Crippen LogP contribution in [-0.2, 0) is 11.2 Å². The van der Waals surface area contributed by atoms with Gasteiger partial charge in [0.2, 0.25) is 5.91 Å². The summed E-state index contributed by atoms with van der Waals surface area (Å²) in [6.07, 6.45) is 3.43. The summed E-state index contributed by atoms with van der Waals surface area (Å²) in [6.45, 7) is 1.09. The normalized spacial score (nSPS) is 12.9. The van der Waals surface area contributed by atoms with Crippen LogP contribution in [0.15, 0.2) is 39.1 Å². The van der Waals surface area contributed by atoms with Crippen LogP contribution in [0.1, 0.15) is 24.2 Å². The van der Waals surface area contributed by atoms with Crippen LogP contribution in [0.25, 0.3) is 17.0 Å². The maximum Gasteiger partial charge on any atom is 0.247 e. The van der Waals surface area contributed by atoms with Gasteiger partial charge >= 0.3 is 0 Å². The lowest BCUT2D eigenvalue weighted by molar-refractivity contribution is -0.117. The van der Waals surface area contributed by atoms with E-state index in [1.165, 1.54) is 0 Å². The molecular formula is C18H20N4O3S. The largest absolute Gasteiger partial charge is 0.460 e. The zero-order chi connectivity index (χ0) is 18.5. The summed E-state index contributed by atoms with van der Waals surface area (Å²) in [5.74, 6) is 5.63. The summed E-state index contributed by atoms with van der Waals surface area (Å²) in [4.78, 5) is 25.0. The highest BCUT2D eigenvalue weighted by Crippen LogP contribution is 2.25. The van der Waals surface area contributed by atoms with Crippen molar-refractivity contribution in [2.24, 2.45) is 5.84 Å². The van der Waals surface area contributed by atoms with E-state index in [1.54, 1.807) is 24.3 Å². The molecule has 0 unspecified atom stereocenters. The summed E-state index contributed by atoms with van der Waals surface area (Å²) < 4.78 is 5.83. The highest BCUT2D eigenvalue weighted by Gasteiger charge is 2.21. The summed E-state index contributed by atoms with van der Waals surface area (Å²) in [7, 11) is 0. The Balaban J connectivity index is 1.67. The monoisotopic (exact) mass is 372 g/mol. The van der Waals surface area contributed by atoms with E-state index < -0.39 is 0 Å². The topological polar surface area (TPSA) is 109 Å². The molecule has 3 rings (SSSR count). The molecule has 1 heterocycles. The molecule has 1 aliphatic carbocycles. The average molecular weight is 372 g/mol. The van der Waals surface area contributed by atoms with Gasteiger partial charge < -0.3 is 20.5 Å². The number of nitrogens with two attached hydrogens (primary N) is 1. The molecule has 0 bridgehead atoms. The van der Waals surface area contributed by atoms with Crippen LogP contribution in [0.4, 0.5) is 0 Å². The number of thiocarbonyl (C=S) groups is 1. The number of hydrogen-bond donors (Lipinski definition) is 4. The van der Waals surface area contributed by atoms with E-state index in [2.05, 4.69) is 16.1 Å². The third-order valence-corrected chi connectivity index (χ3v) is 4.46. The Bertz CT molecular complexity index is 936. The molecule has 5 N–H and O–H groups in total. The molecule has 1 amide bonds. The van der Waals surface area contributed by atoms with Crippen LogP contribution in [0, 0.1) is 0 Å². The van der Waals surface area contributed by atoms with Crippen molar-refractivity contribution in [3.05, 3.63) is 51.4 Å². The Kier molecular flexibility index (Phi) is 5.65. The first-order valence-corrected chi connectivity index (χ1v) is 8.79. The number of benzene rings is 1. The average Bonchev–Trinajstić information content (AvgIpc) is 2.67. The molecule has 0 saturated heterocycles. The van der Waals surface area contributed by atoms with Gasteiger partial charge in [-0.15, -0.1) is 0 Å². The Morgan fingerprint density at radius 3 is 2.77 bits per heavy atom. The first kappa shape index (κ1) is 18.1. The zero-order valence-corrected chi connectivity index (χ0v) is 14.9. The molecule has 7 nitrogen and oxygen atoms in total. The summed E-state index contributed by atoms with van der Waals surface area (Å²) in [5, 5.41) is 6.65. The first-order chi connectivity index (χ1) is 12.6. The maximum absolute atomic E-state index is 12.7. The van der Waals surface area contributed by atoms with E-state index >= 15 is 0 Å². The summed E-state index contributed by atoms with van der Waals surface area (Å²) in [6, 6.07) is 7.15. The van der Waals surface area contributed by atoms with Crippen molar-refractivity contribution >= 4 is 40.3 Å². The molecule has 0 fully saturated rings. The van der Waals surface area contributed by atoms with Gasteiger partial charge in [0.15, 0.2) is 10.5 Å². The molecule has 26 heavy (non-hydrogen) atoms. The predicted molar refractivity (Wildman–Crippen MR) is 104 cm³/mol. The van der Waals surface area contributed by atoms with Crippen LogP contribution >= 0.6 is 12.2 Å². The molecule has 2 aromatic rings. The fourth-order valence-corrected chi connectivity index (χ4v) is 2.97. The number of rotatable bonds is 5. The molecule has 0 saturated carbocycles. The minimum absolute atomic E-state index is 0.0983. The second-order valence-electron chi connectivity index (χ2n) is 5.94. The van der Waals surface area contributed by atoms with Gasteiger partial charge in [-0.1, -0.05) is 12.1 Å². The molecule has 0 radical (unpaired) electrons. The first-order valence-electron chi connectivity index (χ1n) is 8.38. The van der Waals surface area contributed by atoms with Gasteiger partial charge in [0.1, 0.15) is 11.3 Å². The van der Waals surface area contributed by atoms with Crippen molar-refractivity contribution in [1.82, 2.24) is 16.1 Å². The number of hydrazine groups is 1. The number of fused-ring (bicyclic) bond motifs is 2. The number of carbonyl (C=O) groups is 1.